The minimum absolute atomic E-state index is 0.143. The summed E-state index contributed by atoms with van der Waals surface area (Å²) < 4.78 is 5.04. The van der Waals surface area contributed by atoms with E-state index in [4.69, 9.17) is 10.5 Å². The van der Waals surface area contributed by atoms with Crippen LogP contribution in [0.2, 0.25) is 0 Å². The first kappa shape index (κ1) is 14.6. The summed E-state index contributed by atoms with van der Waals surface area (Å²) in [6.45, 7) is 0.148. The van der Waals surface area contributed by atoms with Gasteiger partial charge in [-0.15, -0.1) is 0 Å². The van der Waals surface area contributed by atoms with E-state index in [1.165, 1.54) is 7.11 Å². The number of nitrogens with one attached hydrogen (secondary N) is 1. The van der Waals surface area contributed by atoms with Crippen LogP contribution in [0.5, 0.6) is 0 Å². The van der Waals surface area contributed by atoms with Gasteiger partial charge in [0, 0.05) is 13.7 Å². The summed E-state index contributed by atoms with van der Waals surface area (Å²) in [4.78, 5) is 11.8. The molecule has 5 nitrogen and oxygen atoms in total. The molecule has 1 rings (SSSR count). The number of ether oxygens (including phenoxy) is 1. The Bertz CT molecular complexity index is 353. The van der Waals surface area contributed by atoms with Crippen molar-refractivity contribution in [1.82, 2.24) is 5.32 Å². The molecule has 1 aromatic rings. The Morgan fingerprint density at radius 2 is 2.11 bits per heavy atom. The molecule has 0 heterocycles. The van der Waals surface area contributed by atoms with Crippen LogP contribution in [0.1, 0.15) is 18.0 Å². The van der Waals surface area contributed by atoms with Crippen LogP contribution in [-0.2, 0) is 9.53 Å². The second-order valence-electron chi connectivity index (χ2n) is 4.01. The van der Waals surface area contributed by atoms with Crippen molar-refractivity contribution < 1.29 is 14.6 Å². The molecule has 1 aromatic carbocycles. The van der Waals surface area contributed by atoms with Gasteiger partial charge in [0.2, 0.25) is 5.91 Å². The largest absolute Gasteiger partial charge is 0.394 e. The van der Waals surface area contributed by atoms with Crippen molar-refractivity contribution in [2.24, 2.45) is 5.73 Å². The van der Waals surface area contributed by atoms with Gasteiger partial charge < -0.3 is 20.9 Å². The molecular weight excluding hydrogens is 232 g/mol. The second kappa shape index (κ2) is 7.81. The van der Waals surface area contributed by atoms with Crippen molar-refractivity contribution in [2.45, 2.75) is 18.6 Å². The number of methoxy groups -OCH3 is 1. The van der Waals surface area contributed by atoms with E-state index in [0.717, 1.165) is 5.56 Å². The van der Waals surface area contributed by atoms with Crippen LogP contribution < -0.4 is 11.1 Å². The van der Waals surface area contributed by atoms with Gasteiger partial charge in [-0.1, -0.05) is 30.3 Å². The van der Waals surface area contributed by atoms with Crippen LogP contribution in [0.4, 0.5) is 0 Å². The van der Waals surface area contributed by atoms with E-state index >= 15 is 0 Å². The minimum atomic E-state index is -0.394. The molecule has 0 aliphatic carbocycles. The zero-order chi connectivity index (χ0) is 13.4. The van der Waals surface area contributed by atoms with Crippen LogP contribution in [0.3, 0.4) is 0 Å². The molecule has 0 aliphatic rings. The third kappa shape index (κ3) is 4.44. The van der Waals surface area contributed by atoms with Crippen molar-refractivity contribution in [2.75, 3.05) is 20.3 Å². The van der Waals surface area contributed by atoms with E-state index in [0.29, 0.717) is 6.54 Å². The molecule has 4 N–H and O–H groups in total. The quantitative estimate of drug-likeness (QED) is 0.647. The number of carbonyl (C=O) groups excluding carboxylic acids is 1. The topological polar surface area (TPSA) is 84.6 Å². The maximum atomic E-state index is 11.8. The molecule has 100 valence electrons. The zero-order valence-electron chi connectivity index (χ0n) is 10.5. The standard InChI is InChI=1S/C13H20N2O3/c1-18-11(8-14)7-13(17)15-12(9-16)10-5-3-2-4-6-10/h2-6,11-12,16H,7-9,14H2,1H3,(H,15,17). The maximum Gasteiger partial charge on any atom is 0.223 e. The third-order valence-corrected chi connectivity index (χ3v) is 2.73. The lowest BCUT2D eigenvalue weighted by Gasteiger charge is -2.18. The highest BCUT2D eigenvalue weighted by Gasteiger charge is 2.16. The van der Waals surface area contributed by atoms with Crippen molar-refractivity contribution >= 4 is 5.91 Å². The highest BCUT2D eigenvalue weighted by Crippen LogP contribution is 2.12. The average Bonchev–Trinajstić information content (AvgIpc) is 2.43. The van der Waals surface area contributed by atoms with Crippen LogP contribution in [0.25, 0.3) is 0 Å². The van der Waals surface area contributed by atoms with Gasteiger partial charge in [0.05, 0.1) is 25.2 Å². The van der Waals surface area contributed by atoms with Gasteiger partial charge in [-0.3, -0.25) is 4.79 Å². The second-order valence-corrected chi connectivity index (χ2v) is 4.01. The van der Waals surface area contributed by atoms with Crippen molar-refractivity contribution in [1.29, 1.82) is 0 Å². The molecule has 1 amide bonds. The molecule has 2 atom stereocenters. The van der Waals surface area contributed by atoms with E-state index in [9.17, 15) is 9.90 Å². The first-order valence-electron chi connectivity index (χ1n) is 5.89. The smallest absolute Gasteiger partial charge is 0.223 e. The molecule has 0 aliphatic heterocycles. The number of rotatable bonds is 7. The summed E-state index contributed by atoms with van der Waals surface area (Å²) in [7, 11) is 1.52. The summed E-state index contributed by atoms with van der Waals surface area (Å²) >= 11 is 0. The molecule has 0 fully saturated rings. The number of carbonyl (C=O) groups is 1. The Hall–Kier alpha value is -1.43. The lowest BCUT2D eigenvalue weighted by Crippen LogP contribution is -2.35. The van der Waals surface area contributed by atoms with Crippen molar-refractivity contribution in [3.8, 4) is 0 Å². The fourth-order valence-electron chi connectivity index (χ4n) is 1.64. The Balaban J connectivity index is 2.56. The van der Waals surface area contributed by atoms with E-state index < -0.39 is 6.04 Å². The van der Waals surface area contributed by atoms with Gasteiger partial charge in [0.1, 0.15) is 0 Å². The third-order valence-electron chi connectivity index (χ3n) is 2.73. The van der Waals surface area contributed by atoms with Gasteiger partial charge in [-0.2, -0.15) is 0 Å². The molecular formula is C13H20N2O3. The summed E-state index contributed by atoms with van der Waals surface area (Å²) in [5.41, 5.74) is 6.32. The van der Waals surface area contributed by atoms with Crippen LogP contribution in [0.15, 0.2) is 30.3 Å². The summed E-state index contributed by atoms with van der Waals surface area (Å²) in [5.74, 6) is -0.185. The van der Waals surface area contributed by atoms with Gasteiger partial charge in [-0.05, 0) is 5.56 Å². The maximum absolute atomic E-state index is 11.8. The molecule has 0 saturated carbocycles. The van der Waals surface area contributed by atoms with Crippen molar-refractivity contribution in [3.05, 3.63) is 35.9 Å². The predicted molar refractivity (Wildman–Crippen MR) is 68.9 cm³/mol. The summed E-state index contributed by atoms with van der Waals surface area (Å²) in [6.07, 6.45) is -0.101. The normalized spacial score (nSPS) is 13.9. The number of hydrogen-bond acceptors (Lipinski definition) is 4. The first-order valence-corrected chi connectivity index (χ1v) is 5.89. The van der Waals surface area contributed by atoms with Gasteiger partial charge in [0.15, 0.2) is 0 Å². The molecule has 0 saturated heterocycles. The molecule has 2 unspecified atom stereocenters. The Labute approximate surface area is 107 Å². The van der Waals surface area contributed by atoms with Crippen molar-refractivity contribution in [3.63, 3.8) is 0 Å². The highest BCUT2D eigenvalue weighted by molar-refractivity contribution is 5.77. The molecule has 0 bridgehead atoms. The zero-order valence-corrected chi connectivity index (χ0v) is 10.5. The highest BCUT2D eigenvalue weighted by atomic mass is 16.5. The number of benzene rings is 1. The fraction of sp³-hybridized carbons (Fsp3) is 0.462. The van der Waals surface area contributed by atoms with Gasteiger partial charge >= 0.3 is 0 Å². The summed E-state index contributed by atoms with van der Waals surface area (Å²) in [6, 6.07) is 8.93. The lowest BCUT2D eigenvalue weighted by molar-refractivity contribution is -0.124. The molecule has 0 radical (unpaired) electrons. The van der Waals surface area contributed by atoms with Crippen LogP contribution in [0, 0.1) is 0 Å². The number of aliphatic hydroxyl groups excluding tert-OH is 1. The monoisotopic (exact) mass is 252 g/mol. The number of aliphatic hydroxyl groups is 1. The Kier molecular flexibility index (Phi) is 6.35. The minimum Gasteiger partial charge on any atom is -0.394 e. The average molecular weight is 252 g/mol. The van der Waals surface area contributed by atoms with Crippen LogP contribution >= 0.6 is 0 Å². The van der Waals surface area contributed by atoms with Gasteiger partial charge in [-0.25, -0.2) is 0 Å². The van der Waals surface area contributed by atoms with E-state index in [-0.39, 0.29) is 25.0 Å². The van der Waals surface area contributed by atoms with E-state index in [1.807, 2.05) is 30.3 Å². The number of nitrogens with two attached hydrogens (primary N) is 1. The molecule has 0 aromatic heterocycles. The Morgan fingerprint density at radius 1 is 1.44 bits per heavy atom. The fourth-order valence-corrected chi connectivity index (χ4v) is 1.64. The summed E-state index contributed by atoms with van der Waals surface area (Å²) in [5, 5.41) is 12.1. The molecule has 0 spiro atoms. The molecule has 5 heteroatoms. The SMILES string of the molecule is COC(CN)CC(=O)NC(CO)c1ccccc1. The molecule has 18 heavy (non-hydrogen) atoms. The lowest BCUT2D eigenvalue weighted by atomic mass is 10.1. The van der Waals surface area contributed by atoms with E-state index in [1.54, 1.807) is 0 Å². The first-order chi connectivity index (χ1) is 8.71. The number of hydrogen-bond donors (Lipinski definition) is 3. The predicted octanol–water partition coefficient (Wildman–Crippen LogP) is 0.200. The van der Waals surface area contributed by atoms with E-state index in [2.05, 4.69) is 5.32 Å². The number of amides is 1. The van der Waals surface area contributed by atoms with Gasteiger partial charge in [0.25, 0.3) is 0 Å². The Morgan fingerprint density at radius 3 is 2.61 bits per heavy atom. The van der Waals surface area contributed by atoms with Crippen LogP contribution in [-0.4, -0.2) is 37.4 Å².